The molecule has 0 saturated heterocycles. The number of hydrogen-bond acceptors (Lipinski definition) is 4. The first kappa shape index (κ1) is 19.2. The summed E-state index contributed by atoms with van der Waals surface area (Å²) in [5.74, 6) is 1.18. The molecule has 134 valence electrons. The monoisotopic (exact) mass is 358 g/mol. The van der Waals surface area contributed by atoms with Gasteiger partial charge in [0.2, 0.25) is 5.91 Å². The average molecular weight is 359 g/mol. The first-order valence-corrected chi connectivity index (χ1v) is 9.45. The highest BCUT2D eigenvalue weighted by atomic mass is 32.2. The van der Waals surface area contributed by atoms with Gasteiger partial charge in [0.15, 0.2) is 0 Å². The lowest BCUT2D eigenvalue weighted by molar-refractivity contribution is -0.113. The van der Waals surface area contributed by atoms with E-state index in [4.69, 9.17) is 4.74 Å². The van der Waals surface area contributed by atoms with Crippen LogP contribution < -0.4 is 15.0 Å². The van der Waals surface area contributed by atoms with Crippen molar-refractivity contribution in [3.05, 3.63) is 48.5 Å². The number of benzene rings is 2. The second kappa shape index (κ2) is 9.37. The zero-order valence-electron chi connectivity index (χ0n) is 15.3. The van der Waals surface area contributed by atoms with Crippen LogP contribution in [0.1, 0.15) is 20.8 Å². The van der Waals surface area contributed by atoms with Crippen LogP contribution in [0.15, 0.2) is 53.4 Å². The fraction of sp³-hybridized carbons (Fsp3) is 0.350. The van der Waals surface area contributed by atoms with E-state index in [2.05, 4.69) is 43.1 Å². The third-order valence-corrected chi connectivity index (χ3v) is 4.89. The lowest BCUT2D eigenvalue weighted by atomic mass is 10.2. The van der Waals surface area contributed by atoms with Gasteiger partial charge in [0, 0.05) is 28.9 Å². The molecule has 0 aliphatic rings. The summed E-state index contributed by atoms with van der Waals surface area (Å²) in [5.41, 5.74) is 1.99. The van der Waals surface area contributed by atoms with Crippen LogP contribution in [0, 0.1) is 0 Å². The first-order valence-electron chi connectivity index (χ1n) is 8.47. The number of carbonyl (C=O) groups excluding carboxylic acids is 1. The van der Waals surface area contributed by atoms with Crippen molar-refractivity contribution in [3.8, 4) is 5.75 Å². The second-order valence-electron chi connectivity index (χ2n) is 5.94. The summed E-state index contributed by atoms with van der Waals surface area (Å²) in [5, 5.41) is 2.95. The molecule has 0 saturated carbocycles. The van der Waals surface area contributed by atoms with Gasteiger partial charge in [0.05, 0.1) is 12.9 Å². The van der Waals surface area contributed by atoms with Gasteiger partial charge in [-0.2, -0.15) is 0 Å². The van der Waals surface area contributed by atoms with Crippen molar-refractivity contribution in [2.75, 3.05) is 29.6 Å². The van der Waals surface area contributed by atoms with Gasteiger partial charge < -0.3 is 15.0 Å². The van der Waals surface area contributed by atoms with Crippen molar-refractivity contribution in [3.63, 3.8) is 0 Å². The highest BCUT2D eigenvalue weighted by Gasteiger charge is 2.09. The summed E-state index contributed by atoms with van der Waals surface area (Å²) < 4.78 is 5.13. The highest BCUT2D eigenvalue weighted by molar-refractivity contribution is 8.00. The minimum atomic E-state index is -0.00947. The van der Waals surface area contributed by atoms with E-state index in [1.165, 1.54) is 17.4 Å². The third-order valence-electron chi connectivity index (χ3n) is 3.88. The topological polar surface area (TPSA) is 41.6 Å². The number of nitrogens with one attached hydrogen (secondary N) is 1. The van der Waals surface area contributed by atoms with Crippen molar-refractivity contribution < 1.29 is 9.53 Å². The summed E-state index contributed by atoms with van der Waals surface area (Å²) in [6.07, 6.45) is 0. The molecule has 4 nitrogen and oxygen atoms in total. The van der Waals surface area contributed by atoms with E-state index in [1.54, 1.807) is 7.11 Å². The maximum atomic E-state index is 12.1. The number of carbonyl (C=O) groups is 1. The van der Waals surface area contributed by atoms with Gasteiger partial charge in [-0.15, -0.1) is 11.8 Å². The Kier molecular flexibility index (Phi) is 7.19. The van der Waals surface area contributed by atoms with Crippen LogP contribution in [0.5, 0.6) is 5.75 Å². The largest absolute Gasteiger partial charge is 0.497 e. The summed E-state index contributed by atoms with van der Waals surface area (Å²) in [7, 11) is 1.64. The zero-order chi connectivity index (χ0) is 18.2. The normalized spacial score (nSPS) is 10.6. The summed E-state index contributed by atoms with van der Waals surface area (Å²) in [4.78, 5) is 15.5. The molecular formula is C20H26N2O2S. The molecule has 0 atom stereocenters. The molecule has 0 aliphatic carbocycles. The zero-order valence-corrected chi connectivity index (χ0v) is 16.1. The Morgan fingerprint density at radius 1 is 1.12 bits per heavy atom. The molecule has 2 aromatic rings. The van der Waals surface area contributed by atoms with Crippen molar-refractivity contribution >= 4 is 29.0 Å². The molecule has 0 radical (unpaired) electrons. The average Bonchev–Trinajstić information content (AvgIpc) is 2.62. The first-order chi connectivity index (χ1) is 12.0. The molecule has 0 fully saturated rings. The molecule has 0 spiro atoms. The molecule has 0 unspecified atom stereocenters. The fourth-order valence-corrected chi connectivity index (χ4v) is 3.30. The molecule has 1 N–H and O–H groups in total. The number of thioether (sulfide) groups is 1. The number of anilines is 2. The Morgan fingerprint density at radius 2 is 1.76 bits per heavy atom. The van der Waals surface area contributed by atoms with Crippen LogP contribution in [0.2, 0.25) is 0 Å². The van der Waals surface area contributed by atoms with Crippen LogP contribution >= 0.6 is 11.8 Å². The number of rotatable bonds is 8. The maximum absolute atomic E-state index is 12.1. The molecule has 2 rings (SSSR count). The number of nitrogens with zero attached hydrogens (tertiary/aromatic N) is 1. The van der Waals surface area contributed by atoms with Gasteiger partial charge in [-0.3, -0.25) is 4.79 Å². The lowest BCUT2D eigenvalue weighted by Crippen LogP contribution is -2.30. The number of hydrogen-bond donors (Lipinski definition) is 1. The molecule has 0 heterocycles. The van der Waals surface area contributed by atoms with Crippen LogP contribution in [0.4, 0.5) is 11.4 Å². The van der Waals surface area contributed by atoms with Gasteiger partial charge in [-0.1, -0.05) is 0 Å². The molecule has 1 amide bonds. The van der Waals surface area contributed by atoms with E-state index in [0.29, 0.717) is 11.8 Å². The van der Waals surface area contributed by atoms with Gasteiger partial charge in [-0.05, 0) is 69.3 Å². The Morgan fingerprint density at radius 3 is 2.28 bits per heavy atom. The van der Waals surface area contributed by atoms with Crippen molar-refractivity contribution in [2.24, 2.45) is 0 Å². The van der Waals surface area contributed by atoms with E-state index >= 15 is 0 Å². The van der Waals surface area contributed by atoms with E-state index in [-0.39, 0.29) is 5.91 Å². The maximum Gasteiger partial charge on any atom is 0.234 e. The highest BCUT2D eigenvalue weighted by Crippen LogP contribution is 2.22. The fourth-order valence-electron chi connectivity index (χ4n) is 2.60. The Labute approximate surface area is 154 Å². The molecule has 0 aromatic heterocycles. The van der Waals surface area contributed by atoms with Gasteiger partial charge >= 0.3 is 0 Å². The van der Waals surface area contributed by atoms with Crippen LogP contribution in [0.3, 0.4) is 0 Å². The molecule has 0 aliphatic heterocycles. The summed E-state index contributed by atoms with van der Waals surface area (Å²) in [6.45, 7) is 7.46. The van der Waals surface area contributed by atoms with Crippen LogP contribution in [0.25, 0.3) is 0 Å². The number of ether oxygens (including phenoxy) is 1. The van der Waals surface area contributed by atoms with Gasteiger partial charge in [0.25, 0.3) is 0 Å². The third kappa shape index (κ3) is 5.71. The predicted molar refractivity (Wildman–Crippen MR) is 107 cm³/mol. The smallest absolute Gasteiger partial charge is 0.234 e. The van der Waals surface area contributed by atoms with Gasteiger partial charge in [-0.25, -0.2) is 0 Å². The Balaban J connectivity index is 1.87. The molecule has 25 heavy (non-hydrogen) atoms. The second-order valence-corrected chi connectivity index (χ2v) is 6.99. The van der Waals surface area contributed by atoms with Crippen LogP contribution in [-0.2, 0) is 4.79 Å². The van der Waals surface area contributed by atoms with E-state index in [0.717, 1.165) is 22.9 Å². The van der Waals surface area contributed by atoms with Gasteiger partial charge in [0.1, 0.15) is 5.75 Å². The predicted octanol–water partition coefficient (Wildman–Crippen LogP) is 4.66. The Bertz CT molecular complexity index is 669. The molecule has 5 heteroatoms. The minimum absolute atomic E-state index is 0.00947. The van der Waals surface area contributed by atoms with E-state index < -0.39 is 0 Å². The molecular weight excluding hydrogens is 332 g/mol. The SMILES string of the molecule is CCN(c1ccc(NC(=O)CSc2ccc(OC)cc2)cc1)C(C)C. The van der Waals surface area contributed by atoms with Crippen molar-refractivity contribution in [1.29, 1.82) is 0 Å². The number of methoxy groups -OCH3 is 1. The van der Waals surface area contributed by atoms with E-state index in [9.17, 15) is 4.79 Å². The minimum Gasteiger partial charge on any atom is -0.497 e. The number of amides is 1. The Hall–Kier alpha value is -2.14. The van der Waals surface area contributed by atoms with Crippen molar-refractivity contribution in [1.82, 2.24) is 0 Å². The van der Waals surface area contributed by atoms with E-state index in [1.807, 2.05) is 36.4 Å². The standard InChI is InChI=1S/C20H26N2O2S/c1-5-22(15(2)3)17-8-6-16(7-9-17)21-20(23)14-25-19-12-10-18(24-4)11-13-19/h6-13,15H,5,14H2,1-4H3,(H,21,23). The molecule has 0 bridgehead atoms. The quantitative estimate of drug-likeness (QED) is 0.697. The van der Waals surface area contributed by atoms with Crippen LogP contribution in [-0.4, -0.2) is 31.4 Å². The molecule has 2 aromatic carbocycles. The summed E-state index contributed by atoms with van der Waals surface area (Å²) >= 11 is 1.51. The lowest BCUT2D eigenvalue weighted by Gasteiger charge is -2.27. The van der Waals surface area contributed by atoms with Crippen molar-refractivity contribution in [2.45, 2.75) is 31.7 Å². The summed E-state index contributed by atoms with van der Waals surface area (Å²) in [6, 6.07) is 16.2.